The van der Waals surface area contributed by atoms with Crippen molar-refractivity contribution in [1.82, 2.24) is 0 Å². The van der Waals surface area contributed by atoms with Crippen LogP contribution in [-0.4, -0.2) is 34.9 Å². The van der Waals surface area contributed by atoms with Gasteiger partial charge in [0, 0.05) is 12.0 Å². The molecule has 0 aromatic carbocycles. The lowest BCUT2D eigenvalue weighted by Gasteiger charge is -2.11. The highest BCUT2D eigenvalue weighted by atomic mass is 79.9. The summed E-state index contributed by atoms with van der Waals surface area (Å²) in [5.41, 5.74) is 1.68. The van der Waals surface area contributed by atoms with E-state index in [1.54, 1.807) is 0 Å². The van der Waals surface area contributed by atoms with Gasteiger partial charge in [-0.05, 0) is 37.7 Å². The van der Waals surface area contributed by atoms with Crippen LogP contribution in [0.2, 0.25) is 0 Å². The topological polar surface area (TPSA) is 63.6 Å². The minimum absolute atomic E-state index is 0.0244. The molecule has 0 aliphatic heterocycles. The number of carbonyl (C=O) groups is 2. The fraction of sp³-hybridized carbons (Fsp3) is 0.684. The molecule has 0 radical (unpaired) electrons. The molecule has 1 rings (SSSR count). The zero-order chi connectivity index (χ0) is 17.9. The number of hydrogen-bond donors (Lipinski definition) is 1. The van der Waals surface area contributed by atoms with Gasteiger partial charge < -0.3 is 9.84 Å². The molecule has 0 heterocycles. The van der Waals surface area contributed by atoms with Crippen LogP contribution in [0.4, 0.5) is 0 Å². The summed E-state index contributed by atoms with van der Waals surface area (Å²) in [6, 6.07) is 0. The fourth-order valence-electron chi connectivity index (χ4n) is 2.94. The highest BCUT2D eigenvalue weighted by Crippen LogP contribution is 2.34. The molecule has 4 nitrogen and oxygen atoms in total. The van der Waals surface area contributed by atoms with Gasteiger partial charge in [0.05, 0.1) is 13.2 Å². The quantitative estimate of drug-likeness (QED) is 0.243. The van der Waals surface area contributed by atoms with Crippen molar-refractivity contribution in [3.05, 3.63) is 23.3 Å². The molecule has 0 unspecified atom stereocenters. The molecular weight excluding hydrogens is 372 g/mol. The van der Waals surface area contributed by atoms with Gasteiger partial charge in [0.25, 0.3) is 0 Å². The number of carbonyl (C=O) groups excluding carboxylic acids is 2. The Kier molecular flexibility index (Phi) is 10.2. The first-order valence-electron chi connectivity index (χ1n) is 8.83. The van der Waals surface area contributed by atoms with Crippen LogP contribution < -0.4 is 0 Å². The molecule has 0 aromatic rings. The van der Waals surface area contributed by atoms with E-state index in [9.17, 15) is 14.7 Å². The van der Waals surface area contributed by atoms with Crippen LogP contribution in [-0.2, 0) is 14.3 Å². The van der Waals surface area contributed by atoms with Crippen LogP contribution in [0, 0.1) is 0 Å². The number of rotatable bonds is 11. The van der Waals surface area contributed by atoms with Crippen molar-refractivity contribution in [2.45, 2.75) is 75.6 Å². The summed E-state index contributed by atoms with van der Waals surface area (Å²) >= 11 is 3.31. The monoisotopic (exact) mass is 400 g/mol. The second kappa shape index (κ2) is 11.6. The molecule has 0 bridgehead atoms. The average Bonchev–Trinajstić information content (AvgIpc) is 2.78. The molecule has 0 fully saturated rings. The number of halogens is 1. The molecule has 1 aliphatic carbocycles. The molecule has 1 N–H and O–H groups in total. The van der Waals surface area contributed by atoms with E-state index in [2.05, 4.69) is 27.6 Å². The smallest absolute Gasteiger partial charge is 0.305 e. The Bertz CT molecular complexity index is 482. The second-order valence-electron chi connectivity index (χ2n) is 6.14. The highest BCUT2D eigenvalue weighted by molar-refractivity contribution is 9.10. The van der Waals surface area contributed by atoms with Gasteiger partial charge in [-0.1, -0.05) is 54.3 Å². The first kappa shape index (κ1) is 21.1. The van der Waals surface area contributed by atoms with Crippen molar-refractivity contribution in [2.24, 2.45) is 0 Å². The van der Waals surface area contributed by atoms with Gasteiger partial charge in [0.1, 0.15) is 4.83 Å². The zero-order valence-electron chi connectivity index (χ0n) is 14.7. The van der Waals surface area contributed by atoms with Crippen LogP contribution in [0.5, 0.6) is 0 Å². The van der Waals surface area contributed by atoms with E-state index in [1.165, 1.54) is 7.11 Å². The van der Waals surface area contributed by atoms with Gasteiger partial charge in [-0.25, -0.2) is 0 Å². The number of ketones is 1. The van der Waals surface area contributed by atoms with Crippen molar-refractivity contribution >= 4 is 27.7 Å². The van der Waals surface area contributed by atoms with E-state index in [0.29, 0.717) is 12.8 Å². The van der Waals surface area contributed by atoms with Crippen LogP contribution in [0.1, 0.15) is 64.7 Å². The maximum Gasteiger partial charge on any atom is 0.305 e. The number of alkyl halides is 1. The Hall–Kier alpha value is -0.940. The maximum atomic E-state index is 12.2. The lowest BCUT2D eigenvalue weighted by Crippen LogP contribution is -2.22. The van der Waals surface area contributed by atoms with Crippen molar-refractivity contribution in [3.8, 4) is 0 Å². The summed E-state index contributed by atoms with van der Waals surface area (Å²) in [5.74, 6) is -0.128. The molecule has 136 valence electrons. The van der Waals surface area contributed by atoms with E-state index in [4.69, 9.17) is 0 Å². The van der Waals surface area contributed by atoms with Crippen LogP contribution in [0.3, 0.4) is 0 Å². The molecule has 0 saturated heterocycles. The average molecular weight is 401 g/mol. The van der Waals surface area contributed by atoms with E-state index in [1.807, 2.05) is 12.2 Å². The lowest BCUT2D eigenvalue weighted by molar-refractivity contribution is -0.140. The maximum absolute atomic E-state index is 12.2. The molecule has 0 amide bonds. The first-order valence-corrected chi connectivity index (χ1v) is 9.74. The van der Waals surface area contributed by atoms with E-state index < -0.39 is 10.9 Å². The van der Waals surface area contributed by atoms with Crippen LogP contribution >= 0.6 is 15.9 Å². The number of Topliss-reactive ketones (excluding diaryl/α,β-unsaturated/α-hetero) is 1. The van der Waals surface area contributed by atoms with E-state index in [-0.39, 0.29) is 11.8 Å². The Labute approximate surface area is 153 Å². The number of allylic oxidation sites excluding steroid dienone is 3. The van der Waals surface area contributed by atoms with Crippen molar-refractivity contribution in [1.29, 1.82) is 0 Å². The van der Waals surface area contributed by atoms with E-state index >= 15 is 0 Å². The Morgan fingerprint density at radius 1 is 1.21 bits per heavy atom. The number of aliphatic hydroxyl groups is 1. The van der Waals surface area contributed by atoms with Gasteiger partial charge in [-0.2, -0.15) is 0 Å². The number of ether oxygens (including phenoxy) is 1. The predicted octanol–water partition coefficient (Wildman–Crippen LogP) is 4.25. The molecule has 1 aliphatic rings. The third-order valence-electron chi connectivity index (χ3n) is 4.35. The van der Waals surface area contributed by atoms with E-state index in [0.717, 1.165) is 56.1 Å². The summed E-state index contributed by atoms with van der Waals surface area (Å²) in [5, 5.41) is 10.3. The zero-order valence-corrected chi connectivity index (χ0v) is 16.3. The molecule has 5 heteroatoms. The van der Waals surface area contributed by atoms with Crippen molar-refractivity contribution < 1.29 is 19.4 Å². The molecular formula is C19H29BrO4. The third-order valence-corrected chi connectivity index (χ3v) is 5.27. The normalized spacial score (nSPS) is 21.1. The molecule has 24 heavy (non-hydrogen) atoms. The summed E-state index contributed by atoms with van der Waals surface area (Å²) < 4.78 is 4.61. The number of esters is 1. The second-order valence-corrected chi connectivity index (χ2v) is 7.13. The SMILES string of the molecule is CC/C=C\CC1=C(CCCCCCCC(=O)OC)[C@@H](O)[C@H](Br)C1=O. The Morgan fingerprint density at radius 2 is 1.88 bits per heavy atom. The molecule has 0 spiro atoms. The van der Waals surface area contributed by atoms with Gasteiger partial charge in [0.2, 0.25) is 0 Å². The first-order chi connectivity index (χ1) is 11.5. The number of unbranched alkanes of at least 4 members (excludes halogenated alkanes) is 4. The van der Waals surface area contributed by atoms with Crippen molar-refractivity contribution in [3.63, 3.8) is 0 Å². The highest BCUT2D eigenvalue weighted by Gasteiger charge is 2.37. The Balaban J connectivity index is 2.40. The van der Waals surface area contributed by atoms with Crippen molar-refractivity contribution in [2.75, 3.05) is 7.11 Å². The summed E-state index contributed by atoms with van der Waals surface area (Å²) in [6.45, 7) is 2.06. The largest absolute Gasteiger partial charge is 0.469 e. The minimum atomic E-state index is -0.693. The number of methoxy groups -OCH3 is 1. The van der Waals surface area contributed by atoms with Gasteiger partial charge in [-0.15, -0.1) is 0 Å². The minimum Gasteiger partial charge on any atom is -0.469 e. The van der Waals surface area contributed by atoms with Crippen LogP contribution in [0.25, 0.3) is 0 Å². The summed E-state index contributed by atoms with van der Waals surface area (Å²) in [4.78, 5) is 22.8. The summed E-state index contributed by atoms with van der Waals surface area (Å²) in [7, 11) is 1.41. The van der Waals surface area contributed by atoms with Crippen LogP contribution in [0.15, 0.2) is 23.3 Å². The Morgan fingerprint density at radius 3 is 2.54 bits per heavy atom. The standard InChI is InChI=1S/C19H29BrO4/c1-3-4-8-11-14-15(19(23)17(20)18(14)22)12-9-6-5-7-10-13-16(21)24-2/h4,8,17,19,23H,3,5-7,9-13H2,1-2H3/b8-4-/t17-,19-/m1/s1. The molecule has 0 saturated carbocycles. The summed E-state index contributed by atoms with van der Waals surface area (Å²) in [6.07, 6.45) is 11.1. The van der Waals surface area contributed by atoms with Gasteiger partial charge in [-0.3, -0.25) is 9.59 Å². The molecule has 2 atom stereocenters. The third kappa shape index (κ3) is 6.52. The lowest BCUT2D eigenvalue weighted by atomic mass is 9.99. The predicted molar refractivity (Wildman–Crippen MR) is 99.1 cm³/mol. The van der Waals surface area contributed by atoms with Gasteiger partial charge in [0.15, 0.2) is 5.78 Å². The number of hydrogen-bond acceptors (Lipinski definition) is 4. The van der Waals surface area contributed by atoms with Gasteiger partial charge >= 0.3 is 5.97 Å². The fourth-order valence-corrected chi connectivity index (χ4v) is 3.53. The number of aliphatic hydroxyl groups excluding tert-OH is 1. The molecule has 0 aromatic heterocycles.